The summed E-state index contributed by atoms with van der Waals surface area (Å²) in [4.78, 5) is 11.6. The molecule has 4 nitrogen and oxygen atoms in total. The van der Waals surface area contributed by atoms with Crippen molar-refractivity contribution in [3.05, 3.63) is 60.3 Å². The smallest absolute Gasteiger partial charge is 0.186 e. The van der Waals surface area contributed by atoms with E-state index >= 15 is 0 Å². The third kappa shape index (κ3) is 4.68. The van der Waals surface area contributed by atoms with Crippen molar-refractivity contribution in [2.75, 3.05) is 11.6 Å². The standard InChI is InChI=1S/C21H27N3OSi/c1-5-9-17-14-20-19(22-15-17)12-13-21(23-20)24(16-25-26(2,3)4)18-10-7-6-8-11-18/h6-8,10-15H,5,9,16H2,1-4H3. The maximum Gasteiger partial charge on any atom is 0.186 e. The van der Waals surface area contributed by atoms with E-state index in [4.69, 9.17) is 9.41 Å². The van der Waals surface area contributed by atoms with Crippen molar-refractivity contribution in [3.63, 3.8) is 0 Å². The molecule has 26 heavy (non-hydrogen) atoms. The minimum Gasteiger partial charge on any atom is -0.400 e. The number of nitrogens with zero attached hydrogens (tertiary/aromatic N) is 3. The summed E-state index contributed by atoms with van der Waals surface area (Å²) in [6.07, 6.45) is 4.08. The predicted molar refractivity (Wildman–Crippen MR) is 111 cm³/mol. The van der Waals surface area contributed by atoms with Crippen LogP contribution in [0, 0.1) is 0 Å². The summed E-state index contributed by atoms with van der Waals surface area (Å²) >= 11 is 0. The van der Waals surface area contributed by atoms with Gasteiger partial charge in [0.25, 0.3) is 0 Å². The van der Waals surface area contributed by atoms with Crippen LogP contribution in [0.5, 0.6) is 0 Å². The highest BCUT2D eigenvalue weighted by Crippen LogP contribution is 2.26. The van der Waals surface area contributed by atoms with E-state index in [9.17, 15) is 0 Å². The molecule has 2 heterocycles. The van der Waals surface area contributed by atoms with Gasteiger partial charge >= 0.3 is 0 Å². The summed E-state index contributed by atoms with van der Waals surface area (Å²) in [5.74, 6) is 0.886. The van der Waals surface area contributed by atoms with Gasteiger partial charge in [-0.2, -0.15) is 0 Å². The van der Waals surface area contributed by atoms with Crippen LogP contribution >= 0.6 is 0 Å². The minimum absolute atomic E-state index is 0.500. The van der Waals surface area contributed by atoms with Gasteiger partial charge in [-0.1, -0.05) is 31.5 Å². The van der Waals surface area contributed by atoms with Crippen LogP contribution in [0.1, 0.15) is 18.9 Å². The molecule has 1 aromatic carbocycles. The molecule has 0 saturated heterocycles. The van der Waals surface area contributed by atoms with Gasteiger partial charge in [-0.25, -0.2) is 4.98 Å². The van der Waals surface area contributed by atoms with Gasteiger partial charge < -0.3 is 9.33 Å². The summed E-state index contributed by atoms with van der Waals surface area (Å²) in [6.45, 7) is 9.28. The van der Waals surface area contributed by atoms with E-state index in [2.05, 4.69) is 54.6 Å². The molecule has 0 saturated carbocycles. The number of pyridine rings is 2. The van der Waals surface area contributed by atoms with E-state index < -0.39 is 8.32 Å². The molecule has 0 atom stereocenters. The zero-order valence-electron chi connectivity index (χ0n) is 16.1. The van der Waals surface area contributed by atoms with Gasteiger partial charge in [0.05, 0.1) is 11.0 Å². The zero-order valence-corrected chi connectivity index (χ0v) is 17.1. The Hall–Kier alpha value is -2.24. The van der Waals surface area contributed by atoms with Crippen molar-refractivity contribution in [1.29, 1.82) is 0 Å². The number of benzene rings is 1. The van der Waals surface area contributed by atoms with E-state index in [-0.39, 0.29) is 0 Å². The Morgan fingerprint density at radius 1 is 1.00 bits per heavy atom. The lowest BCUT2D eigenvalue weighted by Crippen LogP contribution is -2.33. The topological polar surface area (TPSA) is 38.2 Å². The summed E-state index contributed by atoms with van der Waals surface area (Å²) in [6, 6.07) is 16.5. The van der Waals surface area contributed by atoms with Gasteiger partial charge in [-0.15, -0.1) is 0 Å². The van der Waals surface area contributed by atoms with Crippen LogP contribution in [0.3, 0.4) is 0 Å². The maximum atomic E-state index is 6.18. The number of aryl methyl sites for hydroxylation is 1. The van der Waals surface area contributed by atoms with E-state index in [0.29, 0.717) is 6.73 Å². The second-order valence-electron chi connectivity index (χ2n) is 7.45. The Labute approximate surface area is 157 Å². The molecule has 3 rings (SSSR count). The highest BCUT2D eigenvalue weighted by Gasteiger charge is 2.18. The molecule has 0 fully saturated rings. The number of anilines is 2. The first-order valence-corrected chi connectivity index (χ1v) is 12.6. The number of rotatable bonds is 7. The van der Waals surface area contributed by atoms with Crippen LogP contribution in [-0.4, -0.2) is 25.0 Å². The third-order valence-electron chi connectivity index (χ3n) is 4.09. The first kappa shape index (κ1) is 18.5. The monoisotopic (exact) mass is 365 g/mol. The zero-order chi connectivity index (χ0) is 18.6. The Kier molecular flexibility index (Phi) is 5.69. The van der Waals surface area contributed by atoms with Crippen LogP contribution in [0.2, 0.25) is 19.6 Å². The van der Waals surface area contributed by atoms with Gasteiger partial charge in [0, 0.05) is 11.9 Å². The van der Waals surface area contributed by atoms with Crippen LogP contribution in [0.4, 0.5) is 11.5 Å². The first-order chi connectivity index (χ1) is 12.5. The van der Waals surface area contributed by atoms with Gasteiger partial charge in [-0.3, -0.25) is 4.98 Å². The largest absolute Gasteiger partial charge is 0.400 e. The lowest BCUT2D eigenvalue weighted by atomic mass is 10.1. The molecule has 0 amide bonds. The Balaban J connectivity index is 1.99. The second kappa shape index (κ2) is 7.97. The molecule has 0 spiro atoms. The van der Waals surface area contributed by atoms with Gasteiger partial charge in [0.15, 0.2) is 8.32 Å². The minimum atomic E-state index is -1.64. The van der Waals surface area contributed by atoms with Crippen LogP contribution < -0.4 is 4.90 Å². The molecule has 136 valence electrons. The average Bonchev–Trinajstić information content (AvgIpc) is 2.62. The molecule has 0 aliphatic carbocycles. The van der Waals surface area contributed by atoms with Crippen molar-refractivity contribution in [3.8, 4) is 0 Å². The van der Waals surface area contributed by atoms with Gasteiger partial charge in [0.2, 0.25) is 0 Å². The quantitative estimate of drug-likeness (QED) is 0.407. The van der Waals surface area contributed by atoms with Gasteiger partial charge in [-0.05, 0) is 62.0 Å². The summed E-state index contributed by atoms with van der Waals surface area (Å²) in [5.41, 5.74) is 4.17. The van der Waals surface area contributed by atoms with Crippen molar-refractivity contribution in [2.45, 2.75) is 39.4 Å². The number of aromatic nitrogens is 2. The number of hydrogen-bond acceptors (Lipinski definition) is 4. The molecular weight excluding hydrogens is 338 g/mol. The molecule has 0 aliphatic heterocycles. The number of para-hydroxylation sites is 1. The molecule has 2 aromatic heterocycles. The van der Waals surface area contributed by atoms with E-state index in [1.54, 1.807) is 0 Å². The van der Waals surface area contributed by atoms with E-state index in [1.165, 1.54) is 5.56 Å². The maximum absolute atomic E-state index is 6.18. The highest BCUT2D eigenvalue weighted by atomic mass is 28.4. The second-order valence-corrected chi connectivity index (χ2v) is 12.0. The van der Waals surface area contributed by atoms with E-state index in [1.807, 2.05) is 36.5 Å². The molecule has 0 N–H and O–H groups in total. The molecule has 3 aromatic rings. The highest BCUT2D eigenvalue weighted by molar-refractivity contribution is 6.69. The fourth-order valence-corrected chi connectivity index (χ4v) is 3.27. The fourth-order valence-electron chi connectivity index (χ4n) is 2.75. The SMILES string of the molecule is CCCc1cnc2ccc(N(CO[Si](C)(C)C)c3ccccc3)nc2c1. The number of fused-ring (bicyclic) bond motifs is 1. The van der Waals surface area contributed by atoms with Crippen LogP contribution in [-0.2, 0) is 10.8 Å². The van der Waals surface area contributed by atoms with Crippen LogP contribution in [0.15, 0.2) is 54.7 Å². The molecule has 5 heteroatoms. The van der Waals surface area contributed by atoms with Gasteiger partial charge in [0.1, 0.15) is 12.5 Å². The fraction of sp³-hybridized carbons (Fsp3) is 0.333. The third-order valence-corrected chi connectivity index (χ3v) is 5.08. The first-order valence-electron chi connectivity index (χ1n) is 9.18. The summed E-state index contributed by atoms with van der Waals surface area (Å²) < 4.78 is 6.18. The van der Waals surface area contributed by atoms with E-state index in [0.717, 1.165) is 35.4 Å². The average molecular weight is 366 g/mol. The molecule has 0 unspecified atom stereocenters. The van der Waals surface area contributed by atoms with Crippen molar-refractivity contribution < 1.29 is 4.43 Å². The Morgan fingerprint density at radius 2 is 1.77 bits per heavy atom. The molecule has 0 radical (unpaired) electrons. The van der Waals surface area contributed by atoms with Crippen molar-refractivity contribution in [1.82, 2.24) is 9.97 Å². The summed E-state index contributed by atoms with van der Waals surface area (Å²) in [5, 5.41) is 0. The van der Waals surface area contributed by atoms with Crippen molar-refractivity contribution >= 4 is 30.9 Å². The van der Waals surface area contributed by atoms with Crippen LogP contribution in [0.25, 0.3) is 11.0 Å². The summed E-state index contributed by atoms with van der Waals surface area (Å²) in [7, 11) is -1.64. The van der Waals surface area contributed by atoms with Crippen molar-refractivity contribution in [2.24, 2.45) is 0 Å². The number of hydrogen-bond donors (Lipinski definition) is 0. The predicted octanol–water partition coefficient (Wildman–Crippen LogP) is 5.53. The Morgan fingerprint density at radius 3 is 2.46 bits per heavy atom. The normalized spacial score (nSPS) is 11.7. The molecular formula is C21H27N3OSi. The molecule has 0 aliphatic rings. The molecule has 0 bridgehead atoms. The Bertz CT molecular complexity index is 862. The lowest BCUT2D eigenvalue weighted by Gasteiger charge is -2.28. The lowest BCUT2D eigenvalue weighted by molar-refractivity contribution is 0.320.